The van der Waals surface area contributed by atoms with Crippen LogP contribution in [0.25, 0.3) is 0 Å². The summed E-state index contributed by atoms with van der Waals surface area (Å²) in [4.78, 5) is 16.0. The van der Waals surface area contributed by atoms with E-state index >= 15 is 0 Å². The smallest absolute Gasteiger partial charge is 0.258 e. The minimum absolute atomic E-state index is 0.0182. The van der Waals surface area contributed by atoms with E-state index < -0.39 is 0 Å². The topological polar surface area (TPSA) is 72.5 Å². The van der Waals surface area contributed by atoms with Crippen molar-refractivity contribution in [2.24, 2.45) is 0 Å². The summed E-state index contributed by atoms with van der Waals surface area (Å²) in [7, 11) is 0. The fraction of sp³-hybridized carbons (Fsp3) is 0.333. The van der Waals surface area contributed by atoms with Crippen molar-refractivity contribution in [2.45, 2.75) is 18.9 Å². The Bertz CT molecular complexity index is 640. The number of carbonyl (C=O) groups is 1. The molecule has 2 aromatic rings. The highest BCUT2D eigenvalue weighted by Gasteiger charge is 2.15. The molecule has 1 fully saturated rings. The molecule has 0 atom stereocenters. The third-order valence-corrected chi connectivity index (χ3v) is 3.76. The average Bonchev–Trinajstić information content (AvgIpc) is 2.63. The van der Waals surface area contributed by atoms with E-state index in [2.05, 4.69) is 15.6 Å². The standard InChI is InChI=1S/C18H21N3O3/c22-17(21-14-8-11-19-12-9-14)13-23-15-4-6-16(7-5-15)24-18-3-1-2-10-20-18/h1-7,10,14,19H,8-9,11-13H2,(H,21,22). The van der Waals surface area contributed by atoms with E-state index in [0.717, 1.165) is 25.9 Å². The molecular weight excluding hydrogens is 306 g/mol. The van der Waals surface area contributed by atoms with E-state index in [-0.39, 0.29) is 18.6 Å². The van der Waals surface area contributed by atoms with Crippen LogP contribution in [0.15, 0.2) is 48.7 Å². The Hall–Kier alpha value is -2.60. The number of aromatic nitrogens is 1. The number of amides is 1. The minimum Gasteiger partial charge on any atom is -0.484 e. The highest BCUT2D eigenvalue weighted by atomic mass is 16.5. The maximum atomic E-state index is 11.9. The number of pyridine rings is 1. The molecule has 0 saturated carbocycles. The van der Waals surface area contributed by atoms with E-state index in [1.807, 2.05) is 12.1 Å². The third-order valence-electron chi connectivity index (χ3n) is 3.76. The predicted molar refractivity (Wildman–Crippen MR) is 90.3 cm³/mol. The number of carbonyl (C=O) groups excluding carboxylic acids is 1. The maximum Gasteiger partial charge on any atom is 0.258 e. The van der Waals surface area contributed by atoms with E-state index in [1.54, 1.807) is 36.5 Å². The molecule has 6 heteroatoms. The van der Waals surface area contributed by atoms with Crippen molar-refractivity contribution in [1.29, 1.82) is 0 Å². The average molecular weight is 327 g/mol. The first kappa shape index (κ1) is 16.3. The highest BCUT2D eigenvalue weighted by molar-refractivity contribution is 5.77. The van der Waals surface area contributed by atoms with Crippen LogP contribution in [0.1, 0.15) is 12.8 Å². The molecule has 2 N–H and O–H groups in total. The van der Waals surface area contributed by atoms with Gasteiger partial charge >= 0.3 is 0 Å². The Labute approximate surface area is 141 Å². The first-order valence-electron chi connectivity index (χ1n) is 8.11. The molecule has 0 spiro atoms. The molecule has 24 heavy (non-hydrogen) atoms. The van der Waals surface area contributed by atoms with Gasteiger partial charge < -0.3 is 20.1 Å². The molecule has 0 radical (unpaired) electrons. The van der Waals surface area contributed by atoms with Gasteiger partial charge in [0.25, 0.3) is 5.91 Å². The van der Waals surface area contributed by atoms with Crippen molar-refractivity contribution >= 4 is 5.91 Å². The van der Waals surface area contributed by atoms with Crippen molar-refractivity contribution in [3.63, 3.8) is 0 Å². The van der Waals surface area contributed by atoms with Gasteiger partial charge in [-0.05, 0) is 56.3 Å². The number of piperidine rings is 1. The number of hydrogen-bond acceptors (Lipinski definition) is 5. The lowest BCUT2D eigenvalue weighted by atomic mass is 10.1. The van der Waals surface area contributed by atoms with E-state index in [9.17, 15) is 4.79 Å². The molecule has 3 rings (SSSR count). The molecule has 0 bridgehead atoms. The number of nitrogens with zero attached hydrogens (tertiary/aromatic N) is 1. The normalized spacial score (nSPS) is 14.8. The van der Waals surface area contributed by atoms with Crippen LogP contribution in [-0.2, 0) is 4.79 Å². The summed E-state index contributed by atoms with van der Waals surface area (Å²) in [6, 6.07) is 12.8. The van der Waals surface area contributed by atoms with Crippen LogP contribution in [0.2, 0.25) is 0 Å². The van der Waals surface area contributed by atoms with Crippen LogP contribution in [0, 0.1) is 0 Å². The Morgan fingerprint density at radius 1 is 1.12 bits per heavy atom. The van der Waals surface area contributed by atoms with Gasteiger partial charge in [-0.25, -0.2) is 4.98 Å². The molecule has 0 unspecified atom stereocenters. The van der Waals surface area contributed by atoms with E-state index in [4.69, 9.17) is 9.47 Å². The quantitative estimate of drug-likeness (QED) is 0.850. The van der Waals surface area contributed by atoms with Crippen LogP contribution >= 0.6 is 0 Å². The molecule has 0 aliphatic carbocycles. The van der Waals surface area contributed by atoms with Gasteiger partial charge in [0.1, 0.15) is 11.5 Å². The second kappa shape index (κ2) is 8.31. The molecule has 1 aromatic carbocycles. The lowest BCUT2D eigenvalue weighted by Gasteiger charge is -2.23. The van der Waals surface area contributed by atoms with Gasteiger partial charge in [0.05, 0.1) is 0 Å². The lowest BCUT2D eigenvalue weighted by Crippen LogP contribution is -2.44. The van der Waals surface area contributed by atoms with Crippen molar-refractivity contribution in [3.8, 4) is 17.4 Å². The van der Waals surface area contributed by atoms with Crippen molar-refractivity contribution in [2.75, 3.05) is 19.7 Å². The SMILES string of the molecule is O=C(COc1ccc(Oc2ccccn2)cc1)NC1CCNCC1. The van der Waals surface area contributed by atoms with Gasteiger partial charge in [0, 0.05) is 18.3 Å². The summed E-state index contributed by atoms with van der Waals surface area (Å²) in [6.45, 7) is 1.91. The second-order valence-electron chi connectivity index (χ2n) is 5.62. The molecule has 1 aromatic heterocycles. The Morgan fingerprint density at radius 2 is 1.88 bits per heavy atom. The largest absolute Gasteiger partial charge is 0.484 e. The van der Waals surface area contributed by atoms with Gasteiger partial charge in [-0.3, -0.25) is 4.79 Å². The van der Waals surface area contributed by atoms with Crippen LogP contribution in [0.4, 0.5) is 0 Å². The van der Waals surface area contributed by atoms with Gasteiger partial charge in [-0.2, -0.15) is 0 Å². The molecule has 2 heterocycles. The molecule has 1 amide bonds. The molecule has 126 valence electrons. The van der Waals surface area contributed by atoms with E-state index in [0.29, 0.717) is 17.4 Å². The number of ether oxygens (including phenoxy) is 2. The third kappa shape index (κ3) is 4.96. The summed E-state index contributed by atoms with van der Waals surface area (Å²) < 4.78 is 11.1. The first-order chi connectivity index (χ1) is 11.8. The van der Waals surface area contributed by atoms with Crippen LogP contribution in [0.3, 0.4) is 0 Å². The second-order valence-corrected chi connectivity index (χ2v) is 5.62. The van der Waals surface area contributed by atoms with Gasteiger partial charge in [-0.1, -0.05) is 6.07 Å². The van der Waals surface area contributed by atoms with Crippen molar-refractivity contribution in [3.05, 3.63) is 48.7 Å². The summed E-state index contributed by atoms with van der Waals surface area (Å²) >= 11 is 0. The monoisotopic (exact) mass is 327 g/mol. The highest BCUT2D eigenvalue weighted by Crippen LogP contribution is 2.22. The first-order valence-corrected chi connectivity index (χ1v) is 8.11. The van der Waals surface area contributed by atoms with Gasteiger partial charge in [0.15, 0.2) is 6.61 Å². The van der Waals surface area contributed by atoms with Crippen LogP contribution in [0.5, 0.6) is 17.4 Å². The number of rotatable bonds is 6. The minimum atomic E-state index is -0.0873. The number of nitrogens with one attached hydrogen (secondary N) is 2. The molecule has 6 nitrogen and oxygen atoms in total. The molecular formula is C18H21N3O3. The number of benzene rings is 1. The fourth-order valence-corrected chi connectivity index (χ4v) is 2.52. The predicted octanol–water partition coefficient (Wildman–Crippen LogP) is 2.12. The molecule has 1 aliphatic heterocycles. The Morgan fingerprint density at radius 3 is 2.58 bits per heavy atom. The number of hydrogen-bond donors (Lipinski definition) is 2. The Kier molecular flexibility index (Phi) is 5.63. The fourth-order valence-electron chi connectivity index (χ4n) is 2.52. The lowest BCUT2D eigenvalue weighted by molar-refractivity contribution is -0.123. The summed E-state index contributed by atoms with van der Waals surface area (Å²) in [6.07, 6.45) is 3.60. The summed E-state index contributed by atoms with van der Waals surface area (Å²) in [5, 5.41) is 6.27. The molecule has 1 aliphatic rings. The maximum absolute atomic E-state index is 11.9. The van der Waals surface area contributed by atoms with Gasteiger partial charge in [-0.15, -0.1) is 0 Å². The van der Waals surface area contributed by atoms with Gasteiger partial charge in [0.2, 0.25) is 5.88 Å². The Balaban J connectivity index is 1.44. The summed E-state index contributed by atoms with van der Waals surface area (Å²) in [5.74, 6) is 1.74. The molecule has 1 saturated heterocycles. The zero-order chi connectivity index (χ0) is 16.6. The van der Waals surface area contributed by atoms with Crippen LogP contribution < -0.4 is 20.1 Å². The van der Waals surface area contributed by atoms with E-state index in [1.165, 1.54) is 0 Å². The van der Waals surface area contributed by atoms with Crippen molar-refractivity contribution < 1.29 is 14.3 Å². The summed E-state index contributed by atoms with van der Waals surface area (Å²) in [5.41, 5.74) is 0. The zero-order valence-corrected chi connectivity index (χ0v) is 13.4. The van der Waals surface area contributed by atoms with Crippen molar-refractivity contribution in [1.82, 2.24) is 15.6 Å². The zero-order valence-electron chi connectivity index (χ0n) is 13.4. The van der Waals surface area contributed by atoms with Crippen LogP contribution in [-0.4, -0.2) is 36.6 Å².